The number of hydrogen-bond acceptors (Lipinski definition) is 4. The molecule has 0 saturated heterocycles. The molecular weight excluding hydrogens is 262 g/mol. The fraction of sp³-hybridized carbons (Fsp3) is 0.429. The molecule has 2 unspecified atom stereocenters. The number of hydrogen-bond donors (Lipinski definition) is 2. The van der Waals surface area contributed by atoms with Crippen molar-refractivity contribution in [2.24, 2.45) is 11.8 Å². The topological polar surface area (TPSA) is 84.9 Å². The van der Waals surface area contributed by atoms with E-state index in [1.807, 2.05) is 18.2 Å². The van der Waals surface area contributed by atoms with Crippen molar-refractivity contribution >= 4 is 11.9 Å². The van der Waals surface area contributed by atoms with Crippen molar-refractivity contribution in [1.29, 1.82) is 0 Å². The van der Waals surface area contributed by atoms with Crippen LogP contribution in [0.5, 0.6) is 11.5 Å². The summed E-state index contributed by atoms with van der Waals surface area (Å²) in [4.78, 5) is 22.4. The molecule has 0 radical (unpaired) electrons. The minimum Gasteiger partial charge on any atom is -0.481 e. The van der Waals surface area contributed by atoms with Crippen molar-refractivity contribution in [2.45, 2.75) is 12.8 Å². The second kappa shape index (κ2) is 5.03. The third kappa shape index (κ3) is 2.54. The van der Waals surface area contributed by atoms with E-state index in [0.29, 0.717) is 19.4 Å². The van der Waals surface area contributed by atoms with E-state index in [1.165, 1.54) is 0 Å². The summed E-state index contributed by atoms with van der Waals surface area (Å²) in [5, 5.41) is 11.5. The Hall–Kier alpha value is -2.24. The summed E-state index contributed by atoms with van der Waals surface area (Å²) in [6, 6.07) is 5.67. The lowest BCUT2D eigenvalue weighted by molar-refractivity contribution is -0.140. The largest absolute Gasteiger partial charge is 0.481 e. The Morgan fingerprint density at radius 3 is 2.80 bits per heavy atom. The molecule has 0 spiro atoms. The number of aliphatic carboxylic acids is 1. The minimum absolute atomic E-state index is 0.168. The highest BCUT2D eigenvalue weighted by Crippen LogP contribution is 2.38. The molecule has 1 aliphatic heterocycles. The van der Waals surface area contributed by atoms with Crippen LogP contribution in [0.2, 0.25) is 0 Å². The van der Waals surface area contributed by atoms with E-state index in [0.717, 1.165) is 17.1 Å². The van der Waals surface area contributed by atoms with Gasteiger partial charge in [-0.3, -0.25) is 9.59 Å². The zero-order chi connectivity index (χ0) is 14.1. The van der Waals surface area contributed by atoms with Crippen molar-refractivity contribution in [3.8, 4) is 11.5 Å². The maximum absolute atomic E-state index is 11.7. The molecule has 0 bridgehead atoms. The molecule has 2 atom stereocenters. The number of carboxylic acid groups (broad SMARTS) is 1. The lowest BCUT2D eigenvalue weighted by Crippen LogP contribution is -2.28. The van der Waals surface area contributed by atoms with Crippen molar-refractivity contribution in [3.05, 3.63) is 23.8 Å². The zero-order valence-corrected chi connectivity index (χ0v) is 10.8. The van der Waals surface area contributed by atoms with Crippen molar-refractivity contribution in [1.82, 2.24) is 5.32 Å². The lowest BCUT2D eigenvalue weighted by atomic mass is 10.1. The standard InChI is InChI=1S/C14H15NO5/c16-13(9-6-10(9)14(17)18)15-4-3-8-1-2-11-12(5-8)20-7-19-11/h1-2,5,9-10H,3-4,6-7H2,(H,15,16)(H,17,18). The Labute approximate surface area is 115 Å². The third-order valence-electron chi connectivity index (χ3n) is 3.59. The zero-order valence-electron chi connectivity index (χ0n) is 10.8. The van der Waals surface area contributed by atoms with Gasteiger partial charge in [-0.05, 0) is 30.5 Å². The second-order valence-corrected chi connectivity index (χ2v) is 5.02. The number of ether oxygens (including phenoxy) is 2. The van der Waals surface area contributed by atoms with E-state index in [2.05, 4.69) is 5.32 Å². The van der Waals surface area contributed by atoms with Gasteiger partial charge in [0.15, 0.2) is 11.5 Å². The summed E-state index contributed by atoms with van der Waals surface area (Å²) >= 11 is 0. The van der Waals surface area contributed by atoms with Crippen LogP contribution in [0.4, 0.5) is 0 Å². The van der Waals surface area contributed by atoms with Crippen LogP contribution in [0, 0.1) is 11.8 Å². The van der Waals surface area contributed by atoms with E-state index in [9.17, 15) is 9.59 Å². The molecule has 2 N–H and O–H groups in total. The Balaban J connectivity index is 1.46. The number of carboxylic acids is 1. The molecule has 1 aromatic rings. The van der Waals surface area contributed by atoms with Crippen LogP contribution in [0.1, 0.15) is 12.0 Å². The number of amides is 1. The van der Waals surface area contributed by atoms with E-state index in [1.54, 1.807) is 0 Å². The van der Waals surface area contributed by atoms with Crippen LogP contribution in [-0.2, 0) is 16.0 Å². The van der Waals surface area contributed by atoms with Crippen LogP contribution in [0.15, 0.2) is 18.2 Å². The number of rotatable bonds is 5. The Bertz CT molecular complexity index is 556. The summed E-state index contributed by atoms with van der Waals surface area (Å²) < 4.78 is 10.5. The molecule has 2 aliphatic rings. The van der Waals surface area contributed by atoms with Gasteiger partial charge in [-0.15, -0.1) is 0 Å². The molecule has 1 aromatic carbocycles. The van der Waals surface area contributed by atoms with Crippen molar-refractivity contribution in [2.75, 3.05) is 13.3 Å². The first-order chi connectivity index (χ1) is 9.65. The Morgan fingerprint density at radius 1 is 1.25 bits per heavy atom. The first-order valence-electron chi connectivity index (χ1n) is 6.54. The van der Waals surface area contributed by atoms with Gasteiger partial charge in [0.1, 0.15) is 0 Å². The number of fused-ring (bicyclic) bond motifs is 1. The normalized spacial score (nSPS) is 22.4. The monoisotopic (exact) mass is 277 g/mol. The van der Waals surface area contributed by atoms with Gasteiger partial charge in [-0.25, -0.2) is 0 Å². The predicted molar refractivity (Wildman–Crippen MR) is 68.5 cm³/mol. The smallest absolute Gasteiger partial charge is 0.307 e. The summed E-state index contributed by atoms with van der Waals surface area (Å²) in [5.41, 5.74) is 1.04. The number of nitrogens with one attached hydrogen (secondary N) is 1. The molecule has 106 valence electrons. The first-order valence-corrected chi connectivity index (χ1v) is 6.54. The van der Waals surface area contributed by atoms with Gasteiger partial charge in [-0.2, -0.15) is 0 Å². The maximum Gasteiger partial charge on any atom is 0.307 e. The molecule has 1 fully saturated rings. The van der Waals surface area contributed by atoms with Crippen LogP contribution in [-0.4, -0.2) is 30.3 Å². The highest BCUT2D eigenvalue weighted by Gasteiger charge is 2.48. The summed E-state index contributed by atoms with van der Waals surface area (Å²) in [6.07, 6.45) is 1.12. The van der Waals surface area contributed by atoms with Crippen LogP contribution >= 0.6 is 0 Å². The van der Waals surface area contributed by atoms with Crippen LogP contribution in [0.3, 0.4) is 0 Å². The number of carbonyl (C=O) groups excluding carboxylic acids is 1. The fourth-order valence-corrected chi connectivity index (χ4v) is 2.32. The molecular formula is C14H15NO5. The molecule has 1 saturated carbocycles. The van der Waals surface area contributed by atoms with Crippen molar-refractivity contribution in [3.63, 3.8) is 0 Å². The van der Waals surface area contributed by atoms with E-state index < -0.39 is 11.9 Å². The minimum atomic E-state index is -0.888. The Kier molecular flexibility index (Phi) is 3.22. The molecule has 20 heavy (non-hydrogen) atoms. The predicted octanol–water partition coefficient (Wildman–Crippen LogP) is 0.795. The van der Waals surface area contributed by atoms with Gasteiger partial charge < -0.3 is 19.9 Å². The van der Waals surface area contributed by atoms with Crippen LogP contribution in [0.25, 0.3) is 0 Å². The first kappa shape index (κ1) is 12.8. The molecule has 6 nitrogen and oxygen atoms in total. The maximum atomic E-state index is 11.7. The molecule has 1 amide bonds. The lowest BCUT2D eigenvalue weighted by Gasteiger charge is -2.05. The average molecular weight is 277 g/mol. The second-order valence-electron chi connectivity index (χ2n) is 5.02. The SMILES string of the molecule is O=C(O)C1CC1C(=O)NCCc1ccc2c(c1)OCO2. The van der Waals surface area contributed by atoms with Gasteiger partial charge in [0.2, 0.25) is 12.7 Å². The van der Waals surface area contributed by atoms with Crippen molar-refractivity contribution < 1.29 is 24.2 Å². The summed E-state index contributed by atoms with van der Waals surface area (Å²) in [6.45, 7) is 0.731. The van der Waals surface area contributed by atoms with Gasteiger partial charge >= 0.3 is 5.97 Å². The quantitative estimate of drug-likeness (QED) is 0.831. The third-order valence-corrected chi connectivity index (χ3v) is 3.59. The highest BCUT2D eigenvalue weighted by atomic mass is 16.7. The summed E-state index contributed by atoms with van der Waals surface area (Å²) in [5.74, 6) is -0.453. The number of benzene rings is 1. The molecule has 1 aliphatic carbocycles. The Morgan fingerprint density at radius 2 is 2.05 bits per heavy atom. The van der Waals surface area contributed by atoms with Gasteiger partial charge in [0, 0.05) is 6.54 Å². The number of carbonyl (C=O) groups is 2. The molecule has 6 heteroatoms. The molecule has 1 heterocycles. The van der Waals surface area contributed by atoms with Gasteiger partial charge in [0.25, 0.3) is 0 Å². The van der Waals surface area contributed by atoms with Gasteiger partial charge in [0.05, 0.1) is 11.8 Å². The van der Waals surface area contributed by atoms with E-state index >= 15 is 0 Å². The van der Waals surface area contributed by atoms with Gasteiger partial charge in [-0.1, -0.05) is 6.07 Å². The van der Waals surface area contributed by atoms with Crippen LogP contribution < -0.4 is 14.8 Å². The summed E-state index contributed by atoms with van der Waals surface area (Å²) in [7, 11) is 0. The van der Waals surface area contributed by atoms with E-state index in [-0.39, 0.29) is 18.6 Å². The molecule has 0 aromatic heterocycles. The fourth-order valence-electron chi connectivity index (χ4n) is 2.32. The molecule has 3 rings (SSSR count). The highest BCUT2D eigenvalue weighted by molar-refractivity contribution is 5.89. The average Bonchev–Trinajstić information content (AvgIpc) is 3.10. The van der Waals surface area contributed by atoms with E-state index in [4.69, 9.17) is 14.6 Å².